The summed E-state index contributed by atoms with van der Waals surface area (Å²) in [6.07, 6.45) is 7.71. The van der Waals surface area contributed by atoms with Crippen LogP contribution in [0.15, 0.2) is 12.7 Å². The molecule has 4 unspecified atom stereocenters. The molecule has 2 fully saturated rings. The predicted molar refractivity (Wildman–Crippen MR) is 70.9 cm³/mol. The van der Waals surface area contributed by atoms with E-state index in [1.54, 1.807) is 0 Å². The minimum absolute atomic E-state index is 0.0458. The lowest BCUT2D eigenvalue weighted by Gasteiger charge is -2.28. The van der Waals surface area contributed by atoms with Gasteiger partial charge in [0.25, 0.3) is 0 Å². The lowest BCUT2D eigenvalue weighted by Crippen LogP contribution is -2.46. The molecule has 0 aromatic carbocycles. The van der Waals surface area contributed by atoms with Gasteiger partial charge in [0, 0.05) is 6.04 Å². The Morgan fingerprint density at radius 2 is 1.95 bits per heavy atom. The molecule has 0 aliphatic heterocycles. The summed E-state index contributed by atoms with van der Waals surface area (Å²) in [4.78, 5) is 23.6. The molecule has 2 amide bonds. The highest BCUT2D eigenvalue weighted by molar-refractivity contribution is 6.38. The molecule has 0 spiro atoms. The van der Waals surface area contributed by atoms with Crippen molar-refractivity contribution in [1.82, 2.24) is 20.2 Å². The average molecular weight is 277 g/mol. The quantitative estimate of drug-likeness (QED) is 0.777. The zero-order valence-corrected chi connectivity index (χ0v) is 11.5. The number of carbonyl (C=O) groups excluding carboxylic acids is 2. The first-order valence-electron chi connectivity index (χ1n) is 7.10. The fourth-order valence-corrected chi connectivity index (χ4v) is 3.71. The Morgan fingerprint density at radius 1 is 1.20 bits per heavy atom. The molecule has 2 N–H and O–H groups in total. The molecular weight excluding hydrogens is 258 g/mol. The third kappa shape index (κ3) is 2.52. The van der Waals surface area contributed by atoms with Crippen molar-refractivity contribution in [3.63, 3.8) is 0 Å². The van der Waals surface area contributed by atoms with E-state index in [1.165, 1.54) is 43.0 Å². The number of nitrogens with zero attached hydrogens (tertiary/aromatic N) is 3. The van der Waals surface area contributed by atoms with Gasteiger partial charge in [-0.3, -0.25) is 15.0 Å². The van der Waals surface area contributed by atoms with Crippen LogP contribution in [0.25, 0.3) is 0 Å². The highest BCUT2D eigenvalue weighted by Crippen LogP contribution is 2.49. The van der Waals surface area contributed by atoms with Gasteiger partial charge in [0.05, 0.1) is 0 Å². The molecule has 2 saturated carbocycles. The number of carbonyl (C=O) groups is 2. The monoisotopic (exact) mass is 277 g/mol. The largest absolute Gasteiger partial charge is 0.345 e. The van der Waals surface area contributed by atoms with E-state index in [1.807, 2.05) is 6.92 Å². The fraction of sp³-hybridized carbons (Fsp3) is 0.692. The van der Waals surface area contributed by atoms with Gasteiger partial charge < -0.3 is 5.32 Å². The molecule has 7 nitrogen and oxygen atoms in total. The van der Waals surface area contributed by atoms with Gasteiger partial charge in [-0.2, -0.15) is 0 Å². The van der Waals surface area contributed by atoms with Gasteiger partial charge in [0.1, 0.15) is 12.7 Å². The predicted octanol–water partition coefficient (Wildman–Crippen LogP) is 0.289. The lowest BCUT2D eigenvalue weighted by atomic mass is 9.84. The first-order chi connectivity index (χ1) is 9.63. The Hall–Kier alpha value is -1.92. The molecule has 1 aromatic heterocycles. The van der Waals surface area contributed by atoms with Crippen LogP contribution >= 0.6 is 0 Å². The molecule has 7 heteroatoms. The van der Waals surface area contributed by atoms with Crippen molar-refractivity contribution in [2.24, 2.45) is 17.8 Å². The highest BCUT2D eigenvalue weighted by Gasteiger charge is 2.42. The lowest BCUT2D eigenvalue weighted by molar-refractivity contribution is -0.137. The van der Waals surface area contributed by atoms with Crippen LogP contribution in [-0.4, -0.2) is 32.7 Å². The van der Waals surface area contributed by atoms with Crippen molar-refractivity contribution in [1.29, 1.82) is 0 Å². The van der Waals surface area contributed by atoms with Crippen LogP contribution in [0.1, 0.15) is 32.6 Å². The van der Waals surface area contributed by atoms with E-state index in [0.29, 0.717) is 5.92 Å². The number of fused-ring (bicyclic) bond motifs is 2. The second-order valence-electron chi connectivity index (χ2n) is 5.91. The van der Waals surface area contributed by atoms with Crippen LogP contribution in [0.3, 0.4) is 0 Å². The number of rotatable bonds is 3. The van der Waals surface area contributed by atoms with Gasteiger partial charge in [0.2, 0.25) is 0 Å². The Kier molecular flexibility index (Phi) is 3.42. The topological polar surface area (TPSA) is 88.9 Å². The summed E-state index contributed by atoms with van der Waals surface area (Å²) in [5.74, 6) is 0.764. The minimum Gasteiger partial charge on any atom is -0.345 e. The van der Waals surface area contributed by atoms with Crippen molar-refractivity contribution in [2.75, 3.05) is 5.43 Å². The molecule has 2 bridgehead atoms. The molecule has 108 valence electrons. The van der Waals surface area contributed by atoms with Gasteiger partial charge in [-0.15, -0.1) is 10.2 Å². The maximum Gasteiger partial charge on any atom is 0.328 e. The Bertz CT molecular complexity index is 501. The minimum atomic E-state index is -0.695. The molecule has 2 aliphatic rings. The molecule has 3 rings (SSSR count). The normalized spacial score (nSPS) is 29.1. The van der Waals surface area contributed by atoms with E-state index in [4.69, 9.17) is 0 Å². The number of hydrogen-bond donors (Lipinski definition) is 2. The molecular formula is C13H19N5O2. The molecule has 2 aliphatic carbocycles. The molecule has 1 aromatic rings. The van der Waals surface area contributed by atoms with Crippen LogP contribution in [0.2, 0.25) is 0 Å². The van der Waals surface area contributed by atoms with Crippen molar-refractivity contribution >= 4 is 11.8 Å². The Morgan fingerprint density at radius 3 is 2.55 bits per heavy atom. The maximum atomic E-state index is 11.9. The molecule has 4 atom stereocenters. The van der Waals surface area contributed by atoms with Crippen LogP contribution in [-0.2, 0) is 9.59 Å². The van der Waals surface area contributed by atoms with Crippen molar-refractivity contribution < 1.29 is 9.59 Å². The van der Waals surface area contributed by atoms with E-state index in [2.05, 4.69) is 20.9 Å². The summed E-state index contributed by atoms with van der Waals surface area (Å²) in [5, 5.41) is 9.92. The van der Waals surface area contributed by atoms with Crippen molar-refractivity contribution in [3.05, 3.63) is 12.7 Å². The van der Waals surface area contributed by atoms with Crippen LogP contribution in [0.5, 0.6) is 0 Å². The smallest absolute Gasteiger partial charge is 0.328 e. The number of nitrogens with one attached hydrogen (secondary N) is 2. The van der Waals surface area contributed by atoms with Crippen molar-refractivity contribution in [3.8, 4) is 0 Å². The van der Waals surface area contributed by atoms with Crippen LogP contribution in [0.4, 0.5) is 0 Å². The Labute approximate surface area is 117 Å². The summed E-state index contributed by atoms with van der Waals surface area (Å²) in [6, 6.07) is 0.0458. The molecule has 0 saturated heterocycles. The number of aromatic nitrogens is 3. The third-order valence-corrected chi connectivity index (χ3v) is 4.65. The van der Waals surface area contributed by atoms with Gasteiger partial charge in [0.15, 0.2) is 0 Å². The summed E-state index contributed by atoms with van der Waals surface area (Å²) in [6.45, 7) is 2.00. The summed E-state index contributed by atoms with van der Waals surface area (Å²) >= 11 is 0. The maximum absolute atomic E-state index is 11.9. The fourth-order valence-electron chi connectivity index (χ4n) is 3.71. The van der Waals surface area contributed by atoms with Crippen LogP contribution in [0, 0.1) is 17.8 Å². The van der Waals surface area contributed by atoms with E-state index in [0.717, 1.165) is 11.8 Å². The number of hydrogen-bond acceptors (Lipinski definition) is 4. The zero-order valence-electron chi connectivity index (χ0n) is 11.5. The van der Waals surface area contributed by atoms with Crippen LogP contribution < -0.4 is 10.7 Å². The summed E-state index contributed by atoms with van der Waals surface area (Å²) in [7, 11) is 0. The summed E-state index contributed by atoms with van der Waals surface area (Å²) < 4.78 is 1.25. The Balaban J connectivity index is 1.52. The van der Waals surface area contributed by atoms with E-state index < -0.39 is 11.8 Å². The first-order valence-corrected chi connectivity index (χ1v) is 7.10. The van der Waals surface area contributed by atoms with Gasteiger partial charge in [-0.25, -0.2) is 4.68 Å². The first kappa shape index (κ1) is 13.1. The van der Waals surface area contributed by atoms with E-state index in [-0.39, 0.29) is 6.04 Å². The average Bonchev–Trinajstić information content (AvgIpc) is 3.15. The highest BCUT2D eigenvalue weighted by atomic mass is 16.2. The van der Waals surface area contributed by atoms with Gasteiger partial charge in [-0.1, -0.05) is 6.42 Å². The van der Waals surface area contributed by atoms with E-state index >= 15 is 0 Å². The van der Waals surface area contributed by atoms with E-state index in [9.17, 15) is 9.59 Å². The zero-order chi connectivity index (χ0) is 14.1. The second kappa shape index (κ2) is 5.22. The standard InChI is InChI=1S/C13H19N5O2/c1-8(11-5-9-2-3-10(11)4-9)16-12(19)13(20)17-18-6-14-15-7-18/h6-11H,2-5H2,1H3,(H,16,19)(H,17,20). The molecule has 1 heterocycles. The molecule has 20 heavy (non-hydrogen) atoms. The third-order valence-electron chi connectivity index (χ3n) is 4.65. The SMILES string of the molecule is CC(NC(=O)C(=O)Nn1cnnc1)C1CC2CCC1C2. The van der Waals surface area contributed by atoms with Crippen molar-refractivity contribution in [2.45, 2.75) is 38.6 Å². The number of amides is 2. The summed E-state index contributed by atoms with van der Waals surface area (Å²) in [5.41, 5.74) is 2.39. The van der Waals surface area contributed by atoms with Gasteiger partial charge in [-0.05, 0) is 43.9 Å². The second-order valence-corrected chi connectivity index (χ2v) is 5.91. The molecule has 0 radical (unpaired) electrons. The van der Waals surface area contributed by atoms with Gasteiger partial charge >= 0.3 is 11.8 Å².